The highest BCUT2D eigenvalue weighted by molar-refractivity contribution is 5.97. The smallest absolute Gasteiger partial charge is 0.251 e. The van der Waals surface area contributed by atoms with Crippen LogP contribution in [0.5, 0.6) is 5.75 Å². The van der Waals surface area contributed by atoms with Crippen LogP contribution < -0.4 is 15.4 Å². The zero-order chi connectivity index (χ0) is 26.2. The number of ether oxygens (including phenoxy) is 1. The lowest BCUT2D eigenvalue weighted by Gasteiger charge is -2.22. The molecule has 2 amide bonds. The Morgan fingerprint density at radius 1 is 0.946 bits per heavy atom. The third-order valence-electron chi connectivity index (χ3n) is 6.23. The summed E-state index contributed by atoms with van der Waals surface area (Å²) in [6.45, 7) is 4.89. The average molecular weight is 497 g/mol. The number of aromatic nitrogens is 2. The molecule has 1 unspecified atom stereocenters. The van der Waals surface area contributed by atoms with Gasteiger partial charge in [0.2, 0.25) is 5.91 Å². The Morgan fingerprint density at radius 2 is 1.68 bits per heavy atom. The van der Waals surface area contributed by atoms with Crippen LogP contribution >= 0.6 is 0 Å². The Labute approximate surface area is 217 Å². The molecule has 0 aliphatic rings. The fraction of sp³-hybridized carbons (Fsp3) is 0.233. The Bertz CT molecular complexity index is 1310. The van der Waals surface area contributed by atoms with Gasteiger partial charge >= 0.3 is 0 Å². The second kappa shape index (κ2) is 12.0. The first kappa shape index (κ1) is 25.7. The largest absolute Gasteiger partial charge is 0.497 e. The third-order valence-corrected chi connectivity index (χ3v) is 6.23. The van der Waals surface area contributed by atoms with Gasteiger partial charge in [-0.15, -0.1) is 0 Å². The SMILES string of the molecule is COc1ccc(C(=O)NC(C(=O)NCc2ccccc2-c2ccc(Cn3cccn3)cc2)C(C)C)cc1. The third kappa shape index (κ3) is 6.64. The maximum atomic E-state index is 13.1. The molecule has 0 saturated carbocycles. The summed E-state index contributed by atoms with van der Waals surface area (Å²) >= 11 is 0. The van der Waals surface area contributed by atoms with Crippen molar-refractivity contribution in [3.05, 3.63) is 108 Å². The number of nitrogens with one attached hydrogen (secondary N) is 2. The summed E-state index contributed by atoms with van der Waals surface area (Å²) in [7, 11) is 1.57. The zero-order valence-corrected chi connectivity index (χ0v) is 21.3. The van der Waals surface area contributed by atoms with Gasteiger partial charge in [0.15, 0.2) is 0 Å². The van der Waals surface area contributed by atoms with E-state index < -0.39 is 6.04 Å². The lowest BCUT2D eigenvalue weighted by atomic mass is 9.98. The number of benzene rings is 3. The number of hydrogen-bond acceptors (Lipinski definition) is 4. The second-order valence-corrected chi connectivity index (χ2v) is 9.20. The lowest BCUT2D eigenvalue weighted by molar-refractivity contribution is -0.124. The molecular weight excluding hydrogens is 464 g/mol. The molecule has 37 heavy (non-hydrogen) atoms. The Morgan fingerprint density at radius 3 is 2.32 bits per heavy atom. The van der Waals surface area contributed by atoms with Crippen LogP contribution in [0.15, 0.2) is 91.3 Å². The van der Waals surface area contributed by atoms with Crippen LogP contribution in [0.1, 0.15) is 35.3 Å². The number of methoxy groups -OCH3 is 1. The first-order valence-electron chi connectivity index (χ1n) is 12.3. The normalized spacial score (nSPS) is 11.7. The molecule has 0 spiro atoms. The molecule has 1 heterocycles. The van der Waals surface area contributed by atoms with Crippen LogP contribution in [-0.2, 0) is 17.9 Å². The molecule has 7 nitrogen and oxygen atoms in total. The van der Waals surface area contributed by atoms with Crippen molar-refractivity contribution in [3.63, 3.8) is 0 Å². The molecule has 4 rings (SSSR count). The van der Waals surface area contributed by atoms with Crippen LogP contribution in [0.4, 0.5) is 0 Å². The molecule has 0 fully saturated rings. The van der Waals surface area contributed by atoms with Crippen molar-refractivity contribution in [1.29, 1.82) is 0 Å². The van der Waals surface area contributed by atoms with Crippen molar-refractivity contribution in [2.75, 3.05) is 7.11 Å². The van der Waals surface area contributed by atoms with Crippen molar-refractivity contribution in [2.45, 2.75) is 33.0 Å². The fourth-order valence-electron chi connectivity index (χ4n) is 4.12. The molecule has 0 aliphatic carbocycles. The van der Waals surface area contributed by atoms with E-state index in [-0.39, 0.29) is 17.7 Å². The van der Waals surface area contributed by atoms with Crippen molar-refractivity contribution in [2.24, 2.45) is 5.92 Å². The molecule has 0 bridgehead atoms. The second-order valence-electron chi connectivity index (χ2n) is 9.20. The highest BCUT2D eigenvalue weighted by Crippen LogP contribution is 2.24. The first-order chi connectivity index (χ1) is 17.9. The van der Waals surface area contributed by atoms with Gasteiger partial charge in [-0.25, -0.2) is 0 Å². The van der Waals surface area contributed by atoms with E-state index >= 15 is 0 Å². The maximum absolute atomic E-state index is 13.1. The van der Waals surface area contributed by atoms with E-state index in [1.165, 1.54) is 0 Å². The number of hydrogen-bond donors (Lipinski definition) is 2. The van der Waals surface area contributed by atoms with Gasteiger partial charge in [0.25, 0.3) is 5.91 Å². The van der Waals surface area contributed by atoms with Gasteiger partial charge in [-0.05, 0) is 58.5 Å². The summed E-state index contributed by atoms with van der Waals surface area (Å²) in [4.78, 5) is 25.9. The molecule has 2 N–H and O–H groups in total. The topological polar surface area (TPSA) is 85.2 Å². The zero-order valence-electron chi connectivity index (χ0n) is 21.3. The summed E-state index contributed by atoms with van der Waals surface area (Å²) in [5, 5.41) is 10.2. The van der Waals surface area contributed by atoms with E-state index in [1.807, 2.05) is 49.0 Å². The quantitative estimate of drug-likeness (QED) is 0.334. The molecule has 190 valence electrons. The number of nitrogens with zero attached hydrogens (tertiary/aromatic N) is 2. The Kier molecular flexibility index (Phi) is 8.36. The fourth-order valence-corrected chi connectivity index (χ4v) is 4.12. The minimum absolute atomic E-state index is 0.0835. The van der Waals surface area contributed by atoms with E-state index in [1.54, 1.807) is 37.6 Å². The maximum Gasteiger partial charge on any atom is 0.251 e. The molecule has 3 aromatic carbocycles. The molecule has 7 heteroatoms. The highest BCUT2D eigenvalue weighted by Gasteiger charge is 2.24. The standard InChI is InChI=1S/C30H32N4O3/c1-21(2)28(33-29(35)24-13-15-26(37-3)16-14-24)30(36)31-19-25-7-4-5-8-27(25)23-11-9-22(10-12-23)20-34-18-6-17-32-34/h4-18,21,28H,19-20H2,1-3H3,(H,31,36)(H,33,35). The predicted molar refractivity (Wildman–Crippen MR) is 144 cm³/mol. The molecule has 1 aromatic heterocycles. The van der Waals surface area contributed by atoms with Crippen molar-refractivity contribution in [3.8, 4) is 16.9 Å². The number of carbonyl (C=O) groups is 2. The number of amides is 2. The van der Waals surface area contributed by atoms with Gasteiger partial charge < -0.3 is 15.4 Å². The van der Waals surface area contributed by atoms with E-state index in [2.05, 4.69) is 46.1 Å². The molecular formula is C30H32N4O3. The van der Waals surface area contributed by atoms with Crippen molar-refractivity contribution >= 4 is 11.8 Å². The highest BCUT2D eigenvalue weighted by atomic mass is 16.5. The minimum atomic E-state index is -0.664. The number of carbonyl (C=O) groups excluding carboxylic acids is 2. The van der Waals surface area contributed by atoms with Crippen LogP contribution in [0.2, 0.25) is 0 Å². The van der Waals surface area contributed by atoms with Crippen molar-refractivity contribution < 1.29 is 14.3 Å². The summed E-state index contributed by atoms with van der Waals surface area (Å²) in [6.07, 6.45) is 3.71. The van der Waals surface area contributed by atoms with E-state index in [9.17, 15) is 9.59 Å². The summed E-state index contributed by atoms with van der Waals surface area (Å²) in [5.41, 5.74) is 4.75. The monoisotopic (exact) mass is 496 g/mol. The van der Waals surface area contributed by atoms with Gasteiger partial charge in [-0.1, -0.05) is 62.4 Å². The average Bonchev–Trinajstić information content (AvgIpc) is 3.44. The minimum Gasteiger partial charge on any atom is -0.497 e. The summed E-state index contributed by atoms with van der Waals surface area (Å²) in [6, 6.07) is 24.4. The van der Waals surface area contributed by atoms with E-state index in [4.69, 9.17) is 4.74 Å². The first-order valence-corrected chi connectivity index (χ1v) is 12.3. The van der Waals surface area contributed by atoms with Crippen LogP contribution in [-0.4, -0.2) is 34.7 Å². The Hall–Kier alpha value is -4.39. The van der Waals surface area contributed by atoms with Crippen molar-refractivity contribution in [1.82, 2.24) is 20.4 Å². The molecule has 0 aliphatic heterocycles. The summed E-state index contributed by atoms with van der Waals surface area (Å²) in [5.74, 6) is 0.0639. The number of rotatable bonds is 10. The van der Waals surface area contributed by atoms with Crippen LogP contribution in [0.25, 0.3) is 11.1 Å². The predicted octanol–water partition coefficient (Wildman–Crippen LogP) is 4.68. The van der Waals surface area contributed by atoms with Gasteiger partial charge in [0.05, 0.1) is 13.7 Å². The van der Waals surface area contributed by atoms with E-state index in [0.717, 1.165) is 22.3 Å². The molecule has 4 aromatic rings. The molecule has 0 saturated heterocycles. The van der Waals surface area contributed by atoms with E-state index in [0.29, 0.717) is 24.4 Å². The van der Waals surface area contributed by atoms with Gasteiger partial charge in [-0.2, -0.15) is 5.10 Å². The lowest BCUT2D eigenvalue weighted by Crippen LogP contribution is -2.49. The van der Waals surface area contributed by atoms with Gasteiger partial charge in [0, 0.05) is 24.5 Å². The van der Waals surface area contributed by atoms with Crippen LogP contribution in [0.3, 0.4) is 0 Å². The van der Waals surface area contributed by atoms with Gasteiger partial charge in [0.1, 0.15) is 11.8 Å². The molecule has 1 atom stereocenters. The Balaban J connectivity index is 1.42. The molecule has 0 radical (unpaired) electrons. The summed E-state index contributed by atoms with van der Waals surface area (Å²) < 4.78 is 7.04. The van der Waals surface area contributed by atoms with Crippen LogP contribution in [0, 0.1) is 5.92 Å². The van der Waals surface area contributed by atoms with Gasteiger partial charge in [-0.3, -0.25) is 14.3 Å².